The Labute approximate surface area is 122 Å². The van der Waals surface area contributed by atoms with E-state index in [2.05, 4.69) is 0 Å². The molecule has 0 aromatic heterocycles. The Morgan fingerprint density at radius 3 is 1.62 bits per heavy atom. The highest BCUT2D eigenvalue weighted by atomic mass is 16.2. The maximum Gasteiger partial charge on any atom is 0.234 e. The monoisotopic (exact) mass is 277 g/mol. The van der Waals surface area contributed by atoms with Gasteiger partial charge in [0.25, 0.3) is 0 Å². The fraction of sp³-hybridized carbons (Fsp3) is 0.111. The number of nitrogens with zero attached hydrogens (tertiary/aromatic N) is 1. The molecule has 3 heteroatoms. The molecule has 0 saturated heterocycles. The van der Waals surface area contributed by atoms with Gasteiger partial charge in [0.1, 0.15) is 0 Å². The summed E-state index contributed by atoms with van der Waals surface area (Å²) in [6.45, 7) is 0. The molecule has 0 saturated carbocycles. The van der Waals surface area contributed by atoms with Crippen LogP contribution in [-0.2, 0) is 0 Å². The van der Waals surface area contributed by atoms with E-state index < -0.39 is 10.9 Å². The van der Waals surface area contributed by atoms with Gasteiger partial charge in [-0.05, 0) is 23.3 Å². The Kier molecular flexibility index (Phi) is 3.18. The summed E-state index contributed by atoms with van der Waals surface area (Å²) in [5.74, 6) is 0. The quantitative estimate of drug-likeness (QED) is 0.691. The van der Waals surface area contributed by atoms with Crippen molar-refractivity contribution >= 4 is 5.69 Å². The normalized spacial score (nSPS) is 10.8. The highest BCUT2D eigenvalue weighted by Gasteiger charge is 2.23. The minimum Gasteiger partial charge on any atom is -0.378 e. The number of hydrogen-bond donors (Lipinski definition) is 0. The van der Waals surface area contributed by atoms with Gasteiger partial charge in [-0.15, -0.1) is 0 Å². The van der Waals surface area contributed by atoms with Gasteiger partial charge in [0.05, 0.1) is 0 Å². The first-order valence-corrected chi connectivity index (χ1v) is 6.76. The molecule has 0 atom stereocenters. The van der Waals surface area contributed by atoms with E-state index in [1.54, 1.807) is 0 Å². The molecule has 3 nitrogen and oxygen atoms in total. The molecule has 0 amide bonds. The van der Waals surface area contributed by atoms with Crippen molar-refractivity contribution in [2.75, 3.05) is 19.0 Å². The van der Waals surface area contributed by atoms with Gasteiger partial charge < -0.3 is 4.90 Å². The first kappa shape index (κ1) is 13.3. The molecule has 0 radical (unpaired) electrons. The molecular formula is C18H15NO2. The second kappa shape index (κ2) is 5.02. The van der Waals surface area contributed by atoms with Crippen LogP contribution < -0.4 is 15.8 Å². The van der Waals surface area contributed by atoms with Crippen LogP contribution in [0.2, 0.25) is 0 Å². The first-order valence-electron chi connectivity index (χ1n) is 6.76. The van der Waals surface area contributed by atoms with Crippen LogP contribution in [0, 0.1) is 0 Å². The Morgan fingerprint density at radius 1 is 0.667 bits per heavy atom. The van der Waals surface area contributed by atoms with E-state index in [1.807, 2.05) is 73.6 Å². The molecule has 0 N–H and O–H groups in total. The van der Waals surface area contributed by atoms with Crippen LogP contribution in [0.3, 0.4) is 0 Å². The predicted octanol–water partition coefficient (Wildman–Crippen LogP) is 2.68. The summed E-state index contributed by atoms with van der Waals surface area (Å²) < 4.78 is 0. The van der Waals surface area contributed by atoms with E-state index in [9.17, 15) is 9.59 Å². The van der Waals surface area contributed by atoms with Crippen LogP contribution in [0.1, 0.15) is 0 Å². The first-order chi connectivity index (χ1) is 10.1. The lowest BCUT2D eigenvalue weighted by Gasteiger charge is -2.15. The highest BCUT2D eigenvalue weighted by molar-refractivity contribution is 5.87. The van der Waals surface area contributed by atoms with Gasteiger partial charge >= 0.3 is 0 Å². The van der Waals surface area contributed by atoms with Gasteiger partial charge in [-0.25, -0.2) is 0 Å². The summed E-state index contributed by atoms with van der Waals surface area (Å²) in [4.78, 5) is 25.8. The van der Waals surface area contributed by atoms with Gasteiger partial charge in [-0.2, -0.15) is 0 Å². The summed E-state index contributed by atoms with van der Waals surface area (Å²) in [5.41, 5.74) is 2.91. The zero-order valence-corrected chi connectivity index (χ0v) is 12.0. The third-order valence-corrected chi connectivity index (χ3v) is 3.65. The fourth-order valence-electron chi connectivity index (χ4n) is 2.47. The lowest BCUT2D eigenvalue weighted by atomic mass is 9.89. The standard InChI is InChI=1S/C18H15NO2/c1-19(2)14-10-8-13(9-11-14)16-15(17(20)18(16)21)12-6-4-3-5-7-12/h3-11H,1-2H3. The van der Waals surface area contributed by atoms with Crippen molar-refractivity contribution in [2.45, 2.75) is 0 Å². The molecular weight excluding hydrogens is 262 g/mol. The molecule has 0 aliphatic carbocycles. The molecule has 0 bridgehead atoms. The second-order valence-corrected chi connectivity index (χ2v) is 5.22. The lowest BCUT2D eigenvalue weighted by molar-refractivity contribution is 1.13. The molecule has 0 fully saturated rings. The third-order valence-electron chi connectivity index (χ3n) is 3.65. The van der Waals surface area contributed by atoms with Gasteiger partial charge in [-0.1, -0.05) is 42.5 Å². The average Bonchev–Trinajstić information content (AvgIpc) is 2.52. The number of hydrogen-bond acceptors (Lipinski definition) is 3. The number of rotatable bonds is 3. The fourth-order valence-corrected chi connectivity index (χ4v) is 2.47. The van der Waals surface area contributed by atoms with Crippen LogP contribution in [0.4, 0.5) is 5.69 Å². The smallest absolute Gasteiger partial charge is 0.234 e. The minimum absolute atomic E-state index is 0.395. The summed E-state index contributed by atoms with van der Waals surface area (Å²) in [6.07, 6.45) is 0. The molecule has 104 valence electrons. The topological polar surface area (TPSA) is 37.4 Å². The van der Waals surface area contributed by atoms with Gasteiger partial charge in [0.2, 0.25) is 10.9 Å². The molecule has 0 aliphatic rings. The summed E-state index contributed by atoms with van der Waals surface area (Å²) >= 11 is 0. The summed E-state index contributed by atoms with van der Waals surface area (Å²) in [7, 11) is 3.92. The van der Waals surface area contributed by atoms with Gasteiger partial charge in [0, 0.05) is 30.9 Å². The van der Waals surface area contributed by atoms with E-state index in [4.69, 9.17) is 0 Å². The average molecular weight is 277 g/mol. The van der Waals surface area contributed by atoms with Crippen molar-refractivity contribution in [3.63, 3.8) is 0 Å². The SMILES string of the molecule is CN(C)c1ccc(-c2c(-c3ccccc3)c(=O)c2=O)cc1. The van der Waals surface area contributed by atoms with Crippen LogP contribution in [-0.4, -0.2) is 14.1 Å². The van der Waals surface area contributed by atoms with Crippen LogP contribution >= 0.6 is 0 Å². The van der Waals surface area contributed by atoms with E-state index in [-0.39, 0.29) is 0 Å². The van der Waals surface area contributed by atoms with E-state index >= 15 is 0 Å². The Balaban J connectivity index is 2.10. The van der Waals surface area contributed by atoms with Crippen molar-refractivity contribution in [1.82, 2.24) is 0 Å². The van der Waals surface area contributed by atoms with E-state index in [1.165, 1.54) is 0 Å². The Hall–Kier alpha value is -2.68. The zero-order valence-electron chi connectivity index (χ0n) is 12.0. The number of anilines is 1. The van der Waals surface area contributed by atoms with Crippen molar-refractivity contribution in [3.8, 4) is 22.3 Å². The van der Waals surface area contributed by atoms with Crippen molar-refractivity contribution < 1.29 is 0 Å². The van der Waals surface area contributed by atoms with Gasteiger partial charge in [-0.3, -0.25) is 9.59 Å². The Morgan fingerprint density at radius 2 is 1.14 bits per heavy atom. The largest absolute Gasteiger partial charge is 0.378 e. The van der Waals surface area contributed by atoms with Crippen molar-refractivity contribution in [1.29, 1.82) is 0 Å². The van der Waals surface area contributed by atoms with Crippen molar-refractivity contribution in [3.05, 3.63) is 75.0 Å². The molecule has 3 aromatic rings. The molecule has 0 aliphatic heterocycles. The predicted molar refractivity (Wildman–Crippen MR) is 86.6 cm³/mol. The van der Waals surface area contributed by atoms with E-state index in [0.717, 1.165) is 16.8 Å². The maximum absolute atomic E-state index is 11.9. The zero-order chi connectivity index (χ0) is 15.0. The van der Waals surface area contributed by atoms with Gasteiger partial charge in [0.15, 0.2) is 0 Å². The third kappa shape index (κ3) is 2.17. The molecule has 0 unspecified atom stereocenters. The lowest BCUT2D eigenvalue weighted by Crippen LogP contribution is -2.34. The highest BCUT2D eigenvalue weighted by Crippen LogP contribution is 2.29. The number of benzene rings is 2. The summed E-state index contributed by atoms with van der Waals surface area (Å²) in [6, 6.07) is 17.0. The van der Waals surface area contributed by atoms with Crippen LogP contribution in [0.15, 0.2) is 64.2 Å². The maximum atomic E-state index is 11.9. The summed E-state index contributed by atoms with van der Waals surface area (Å²) in [5, 5.41) is 0. The minimum atomic E-state index is -0.397. The second-order valence-electron chi connectivity index (χ2n) is 5.22. The van der Waals surface area contributed by atoms with Crippen LogP contribution in [0.25, 0.3) is 22.3 Å². The Bertz CT molecular complexity index is 839. The molecule has 21 heavy (non-hydrogen) atoms. The van der Waals surface area contributed by atoms with E-state index in [0.29, 0.717) is 11.1 Å². The molecule has 3 aromatic carbocycles. The molecule has 3 rings (SSSR count). The molecule has 0 spiro atoms. The van der Waals surface area contributed by atoms with Crippen molar-refractivity contribution in [2.24, 2.45) is 0 Å². The van der Waals surface area contributed by atoms with Crippen LogP contribution in [0.5, 0.6) is 0 Å². The molecule has 0 heterocycles.